The molecule has 0 aliphatic heterocycles. The first-order valence-corrected chi connectivity index (χ1v) is 9.81. The maximum absolute atomic E-state index is 13.6. The molecule has 28 heavy (non-hydrogen) atoms. The van der Waals surface area contributed by atoms with E-state index in [0.29, 0.717) is 27.4 Å². The van der Waals surface area contributed by atoms with Gasteiger partial charge >= 0.3 is 0 Å². The molecule has 3 aromatic carbocycles. The maximum Gasteiger partial charge on any atom is 0.190 e. The molecule has 1 N–H and O–H groups in total. The standard InChI is InChI=1S/C21H14ClF2N3S/c22-16-7-3-1-5-13(16)12-28-21-26-19-8-4-2-6-15(19)20(27-21)25-14-9-10-17(23)18(24)11-14/h1-11H,12H2,(H,25,26,27). The van der Waals surface area contributed by atoms with Crippen LogP contribution in [0.2, 0.25) is 5.02 Å². The number of nitrogens with zero attached hydrogens (tertiary/aromatic N) is 2. The van der Waals surface area contributed by atoms with Crippen molar-refractivity contribution in [2.24, 2.45) is 0 Å². The molecule has 0 radical (unpaired) electrons. The Morgan fingerprint density at radius 2 is 1.68 bits per heavy atom. The second-order valence-corrected chi connectivity index (χ2v) is 7.36. The van der Waals surface area contributed by atoms with Gasteiger partial charge in [-0.2, -0.15) is 0 Å². The SMILES string of the molecule is Fc1ccc(Nc2nc(SCc3ccccc3Cl)nc3ccccc23)cc1F. The zero-order valence-corrected chi connectivity index (χ0v) is 16.1. The van der Waals surface area contributed by atoms with Gasteiger partial charge in [-0.05, 0) is 35.9 Å². The summed E-state index contributed by atoms with van der Waals surface area (Å²) < 4.78 is 26.8. The normalized spacial score (nSPS) is 11.0. The average Bonchev–Trinajstić information content (AvgIpc) is 2.70. The second-order valence-electron chi connectivity index (χ2n) is 6.01. The maximum atomic E-state index is 13.6. The van der Waals surface area contributed by atoms with E-state index >= 15 is 0 Å². The summed E-state index contributed by atoms with van der Waals surface area (Å²) in [5.74, 6) is -0.674. The van der Waals surface area contributed by atoms with Gasteiger partial charge < -0.3 is 5.32 Å². The fourth-order valence-corrected chi connectivity index (χ4v) is 3.82. The van der Waals surface area contributed by atoms with Crippen LogP contribution in [-0.4, -0.2) is 9.97 Å². The third kappa shape index (κ3) is 4.08. The predicted molar refractivity (Wildman–Crippen MR) is 110 cm³/mol. The Labute approximate surface area is 169 Å². The fourth-order valence-electron chi connectivity index (χ4n) is 2.68. The molecule has 1 aromatic heterocycles. The lowest BCUT2D eigenvalue weighted by Crippen LogP contribution is -1.99. The lowest BCUT2D eigenvalue weighted by Gasteiger charge is -2.11. The number of aromatic nitrogens is 2. The van der Waals surface area contributed by atoms with Gasteiger partial charge in [0, 0.05) is 27.9 Å². The summed E-state index contributed by atoms with van der Waals surface area (Å²) in [4.78, 5) is 9.16. The third-order valence-corrected chi connectivity index (χ3v) is 5.34. The van der Waals surface area contributed by atoms with Gasteiger partial charge in [0.1, 0.15) is 5.82 Å². The smallest absolute Gasteiger partial charge is 0.190 e. The molecule has 3 nitrogen and oxygen atoms in total. The first-order chi connectivity index (χ1) is 13.6. The van der Waals surface area contributed by atoms with Crippen LogP contribution >= 0.6 is 23.4 Å². The summed E-state index contributed by atoms with van der Waals surface area (Å²) in [6.07, 6.45) is 0. The summed E-state index contributed by atoms with van der Waals surface area (Å²) >= 11 is 7.67. The van der Waals surface area contributed by atoms with E-state index in [-0.39, 0.29) is 0 Å². The van der Waals surface area contributed by atoms with Crippen molar-refractivity contribution in [3.8, 4) is 0 Å². The predicted octanol–water partition coefficient (Wildman–Crippen LogP) is 6.60. The van der Waals surface area contributed by atoms with Crippen LogP contribution in [0.3, 0.4) is 0 Å². The van der Waals surface area contributed by atoms with Crippen molar-refractivity contribution in [2.75, 3.05) is 5.32 Å². The van der Waals surface area contributed by atoms with Crippen molar-refractivity contribution in [1.82, 2.24) is 9.97 Å². The highest BCUT2D eigenvalue weighted by Gasteiger charge is 2.11. The van der Waals surface area contributed by atoms with Gasteiger partial charge in [-0.3, -0.25) is 0 Å². The molecular weight excluding hydrogens is 400 g/mol. The second kappa shape index (κ2) is 8.12. The zero-order valence-electron chi connectivity index (χ0n) is 14.5. The van der Waals surface area contributed by atoms with Gasteiger partial charge in [-0.15, -0.1) is 0 Å². The molecule has 0 spiro atoms. The number of hydrogen-bond acceptors (Lipinski definition) is 4. The molecule has 0 bridgehead atoms. The van der Waals surface area contributed by atoms with E-state index in [1.54, 1.807) is 0 Å². The molecule has 4 aromatic rings. The number of hydrogen-bond donors (Lipinski definition) is 1. The molecular formula is C21H14ClF2N3S. The monoisotopic (exact) mass is 413 g/mol. The number of rotatable bonds is 5. The van der Waals surface area contributed by atoms with Crippen molar-refractivity contribution in [1.29, 1.82) is 0 Å². The zero-order chi connectivity index (χ0) is 19.5. The summed E-state index contributed by atoms with van der Waals surface area (Å²) in [5, 5.41) is 5.10. The minimum absolute atomic E-state index is 0.407. The van der Waals surface area contributed by atoms with Crippen LogP contribution in [0.4, 0.5) is 20.3 Å². The number of anilines is 2. The summed E-state index contributed by atoms with van der Waals surface area (Å²) in [6, 6.07) is 18.8. The van der Waals surface area contributed by atoms with Gasteiger partial charge in [0.25, 0.3) is 0 Å². The molecule has 0 aliphatic rings. The van der Waals surface area contributed by atoms with Crippen LogP contribution in [0.1, 0.15) is 5.56 Å². The van der Waals surface area contributed by atoms with Crippen LogP contribution in [0.25, 0.3) is 10.9 Å². The van der Waals surface area contributed by atoms with Gasteiger partial charge in [-0.25, -0.2) is 18.7 Å². The van der Waals surface area contributed by atoms with E-state index in [4.69, 9.17) is 11.6 Å². The number of fused-ring (bicyclic) bond motifs is 1. The third-order valence-electron chi connectivity index (χ3n) is 4.08. The molecule has 7 heteroatoms. The molecule has 0 atom stereocenters. The summed E-state index contributed by atoms with van der Waals surface area (Å²) in [5.41, 5.74) is 2.15. The Balaban J connectivity index is 1.67. The first kappa shape index (κ1) is 18.7. The molecule has 0 unspecified atom stereocenters. The molecule has 0 aliphatic carbocycles. The summed E-state index contributed by atoms with van der Waals surface area (Å²) in [6.45, 7) is 0. The Hall–Kier alpha value is -2.70. The van der Waals surface area contributed by atoms with Gasteiger partial charge in [0.2, 0.25) is 0 Å². The molecule has 0 saturated heterocycles. The highest BCUT2D eigenvalue weighted by atomic mass is 35.5. The largest absolute Gasteiger partial charge is 0.339 e. The van der Waals surface area contributed by atoms with Crippen LogP contribution in [0.15, 0.2) is 71.9 Å². The topological polar surface area (TPSA) is 37.8 Å². The quantitative estimate of drug-likeness (QED) is 0.295. The van der Waals surface area contributed by atoms with Crippen molar-refractivity contribution in [3.63, 3.8) is 0 Å². The molecule has 0 saturated carbocycles. The molecule has 140 valence electrons. The molecule has 0 fully saturated rings. The molecule has 4 rings (SSSR count). The van der Waals surface area contributed by atoms with E-state index in [0.717, 1.165) is 28.6 Å². The Morgan fingerprint density at radius 1 is 0.893 bits per heavy atom. The van der Waals surface area contributed by atoms with E-state index in [1.165, 1.54) is 17.8 Å². The van der Waals surface area contributed by atoms with Gasteiger partial charge in [0.15, 0.2) is 16.8 Å². The fraction of sp³-hybridized carbons (Fsp3) is 0.0476. The minimum Gasteiger partial charge on any atom is -0.339 e. The van der Waals surface area contributed by atoms with E-state index in [9.17, 15) is 8.78 Å². The van der Waals surface area contributed by atoms with Crippen molar-refractivity contribution in [2.45, 2.75) is 10.9 Å². The average molecular weight is 414 g/mol. The van der Waals surface area contributed by atoms with Crippen molar-refractivity contribution in [3.05, 3.63) is 89.0 Å². The van der Waals surface area contributed by atoms with Crippen molar-refractivity contribution < 1.29 is 8.78 Å². The van der Waals surface area contributed by atoms with Crippen LogP contribution in [0, 0.1) is 11.6 Å². The molecule has 0 amide bonds. The number of benzene rings is 3. The number of thioether (sulfide) groups is 1. The number of para-hydroxylation sites is 1. The summed E-state index contributed by atoms with van der Waals surface area (Å²) in [7, 11) is 0. The lowest BCUT2D eigenvalue weighted by atomic mass is 10.2. The Kier molecular flexibility index (Phi) is 5.41. The Bertz CT molecular complexity index is 1150. The number of nitrogens with one attached hydrogen (secondary N) is 1. The highest BCUT2D eigenvalue weighted by molar-refractivity contribution is 7.98. The highest BCUT2D eigenvalue weighted by Crippen LogP contribution is 2.30. The van der Waals surface area contributed by atoms with Crippen molar-refractivity contribution >= 4 is 45.8 Å². The first-order valence-electron chi connectivity index (χ1n) is 8.45. The van der Waals surface area contributed by atoms with Crippen LogP contribution < -0.4 is 5.32 Å². The lowest BCUT2D eigenvalue weighted by molar-refractivity contribution is 0.509. The molecule has 1 heterocycles. The van der Waals surface area contributed by atoms with Gasteiger partial charge in [0.05, 0.1) is 5.52 Å². The van der Waals surface area contributed by atoms with Crippen LogP contribution in [-0.2, 0) is 5.75 Å². The van der Waals surface area contributed by atoms with E-state index in [1.807, 2.05) is 48.5 Å². The van der Waals surface area contributed by atoms with Gasteiger partial charge in [-0.1, -0.05) is 53.7 Å². The number of halogens is 3. The minimum atomic E-state index is -0.920. The van der Waals surface area contributed by atoms with E-state index < -0.39 is 11.6 Å². The Morgan fingerprint density at radius 3 is 2.50 bits per heavy atom. The van der Waals surface area contributed by atoms with Crippen LogP contribution in [0.5, 0.6) is 0 Å². The van der Waals surface area contributed by atoms with E-state index in [2.05, 4.69) is 15.3 Å².